The van der Waals surface area contributed by atoms with E-state index in [1.807, 2.05) is 59.7 Å². The van der Waals surface area contributed by atoms with Gasteiger partial charge in [-0.2, -0.15) is 5.10 Å². The molecule has 6 N–H and O–H groups in total. The predicted molar refractivity (Wildman–Crippen MR) is 189 cm³/mol. The van der Waals surface area contributed by atoms with Crippen molar-refractivity contribution in [3.05, 3.63) is 101 Å². The monoisotopic (exact) mass is 675 g/mol. The lowest BCUT2D eigenvalue weighted by Crippen LogP contribution is -2.20. The van der Waals surface area contributed by atoms with E-state index in [2.05, 4.69) is 25.7 Å². The van der Waals surface area contributed by atoms with E-state index >= 15 is 0 Å². The molecule has 50 heavy (non-hydrogen) atoms. The van der Waals surface area contributed by atoms with E-state index in [0.29, 0.717) is 82.4 Å². The molecule has 6 aromatic rings. The maximum Gasteiger partial charge on any atom is 0.276 e. The van der Waals surface area contributed by atoms with Crippen LogP contribution in [0.4, 0.5) is 11.9 Å². The summed E-state index contributed by atoms with van der Waals surface area (Å²) >= 11 is 0. The molecule has 0 bridgehead atoms. The molecule has 0 unspecified atom stereocenters. The molecule has 0 spiro atoms. The molecule has 4 aromatic heterocycles. The molecular weight excluding hydrogens is 638 g/mol. The normalized spacial score (nSPS) is 11.5. The Hall–Kier alpha value is -6.51. The number of nitrogens with two attached hydrogens (primary N) is 2. The first-order chi connectivity index (χ1) is 24.0. The number of carbonyl (C=O) groups excluding carboxylic acids is 4. The van der Waals surface area contributed by atoms with Gasteiger partial charge in [-0.25, -0.2) is 9.97 Å². The van der Waals surface area contributed by atoms with E-state index in [1.54, 1.807) is 53.2 Å². The number of aryl methyl sites for hydroxylation is 4. The Labute approximate surface area is 286 Å². The summed E-state index contributed by atoms with van der Waals surface area (Å²) in [6.45, 7) is 9.23. The molecule has 2 aromatic carbocycles. The fourth-order valence-electron chi connectivity index (χ4n) is 6.01. The number of fused-ring (bicyclic) bond motifs is 2. The Balaban J connectivity index is 1.34. The van der Waals surface area contributed by atoms with Gasteiger partial charge >= 0.3 is 0 Å². The molecule has 0 saturated carbocycles. The van der Waals surface area contributed by atoms with Crippen molar-refractivity contribution in [2.45, 2.75) is 53.9 Å². The first-order valence-electron chi connectivity index (χ1n) is 16.1. The summed E-state index contributed by atoms with van der Waals surface area (Å²) in [5, 5.41) is 10.2. The average Bonchev–Trinajstić information content (AvgIpc) is 3.86. The lowest BCUT2D eigenvalue weighted by Gasteiger charge is -2.11. The van der Waals surface area contributed by atoms with Gasteiger partial charge in [0.15, 0.2) is 0 Å². The lowest BCUT2D eigenvalue weighted by atomic mass is 10.1. The van der Waals surface area contributed by atoms with Crippen LogP contribution in [0.15, 0.2) is 66.9 Å². The standard InChI is InChI=1S/C35H37N11O4/c1-5-43-13-9-10-27(43)32(49)40-34-38-24-18-22(30(36)47)11-12-26(24)44(34)14-7-8-15-45-29-20(3)16-23(31(37)48)19-25(29)39-35(45)41-33(50)28-17-21(4)42-46(28)6-2/h7-13,16-19H,5-6,14-15H2,1-4H3,(H2,36,47)(H2,37,48)(H,38,40,49)(H,39,41,50)/b8-7+. The number of anilines is 2. The first kappa shape index (κ1) is 33.4. The Kier molecular flexibility index (Phi) is 9.04. The fourth-order valence-corrected chi connectivity index (χ4v) is 6.01. The largest absolute Gasteiger partial charge is 0.366 e. The van der Waals surface area contributed by atoms with Gasteiger partial charge < -0.3 is 25.2 Å². The van der Waals surface area contributed by atoms with Gasteiger partial charge in [-0.1, -0.05) is 12.2 Å². The van der Waals surface area contributed by atoms with Crippen LogP contribution >= 0.6 is 0 Å². The van der Waals surface area contributed by atoms with Crippen LogP contribution in [0.25, 0.3) is 22.1 Å². The van der Waals surface area contributed by atoms with Crippen molar-refractivity contribution in [1.29, 1.82) is 0 Å². The van der Waals surface area contributed by atoms with Crippen LogP contribution in [0.5, 0.6) is 0 Å². The number of amides is 4. The molecule has 6 rings (SSSR count). The number of benzene rings is 2. The highest BCUT2D eigenvalue weighted by molar-refractivity contribution is 6.05. The zero-order valence-electron chi connectivity index (χ0n) is 28.1. The number of nitrogens with one attached hydrogen (secondary N) is 2. The minimum atomic E-state index is -0.587. The number of hydrogen-bond donors (Lipinski definition) is 4. The summed E-state index contributed by atoms with van der Waals surface area (Å²) in [6.07, 6.45) is 5.62. The highest BCUT2D eigenvalue weighted by Crippen LogP contribution is 2.26. The van der Waals surface area contributed by atoms with Crippen LogP contribution in [-0.2, 0) is 26.2 Å². The molecule has 256 valence electrons. The molecule has 15 heteroatoms. The Morgan fingerprint density at radius 2 is 1.40 bits per heavy atom. The second-order valence-electron chi connectivity index (χ2n) is 11.7. The first-order valence-corrected chi connectivity index (χ1v) is 16.1. The third-order valence-electron chi connectivity index (χ3n) is 8.38. The zero-order valence-corrected chi connectivity index (χ0v) is 28.1. The molecule has 0 radical (unpaired) electrons. The maximum absolute atomic E-state index is 13.4. The van der Waals surface area contributed by atoms with Gasteiger partial charge in [0.1, 0.15) is 11.4 Å². The van der Waals surface area contributed by atoms with Crippen molar-refractivity contribution in [2.75, 3.05) is 10.6 Å². The molecule has 0 aliphatic rings. The molecule has 0 aliphatic heterocycles. The average molecular weight is 676 g/mol. The number of carbonyl (C=O) groups is 4. The highest BCUT2D eigenvalue weighted by atomic mass is 16.2. The van der Waals surface area contributed by atoms with Crippen LogP contribution in [-0.4, -0.2) is 57.1 Å². The van der Waals surface area contributed by atoms with E-state index in [9.17, 15) is 19.2 Å². The second-order valence-corrected chi connectivity index (χ2v) is 11.7. The Morgan fingerprint density at radius 3 is 2.08 bits per heavy atom. The Morgan fingerprint density at radius 1 is 0.760 bits per heavy atom. The lowest BCUT2D eigenvalue weighted by molar-refractivity contribution is 0.0992. The number of allylic oxidation sites excluding steroid dienone is 2. The summed E-state index contributed by atoms with van der Waals surface area (Å²) < 4.78 is 7.10. The molecule has 4 heterocycles. The summed E-state index contributed by atoms with van der Waals surface area (Å²) in [6, 6.07) is 13.5. The van der Waals surface area contributed by atoms with Crippen molar-refractivity contribution in [1.82, 2.24) is 33.4 Å². The number of nitrogens with zero attached hydrogens (tertiary/aromatic N) is 7. The fraction of sp³-hybridized carbons (Fsp3) is 0.229. The van der Waals surface area contributed by atoms with Crippen LogP contribution in [0.2, 0.25) is 0 Å². The molecule has 0 saturated heterocycles. The van der Waals surface area contributed by atoms with Gasteiger partial charge in [0, 0.05) is 43.5 Å². The van der Waals surface area contributed by atoms with E-state index in [4.69, 9.17) is 11.5 Å². The molecule has 15 nitrogen and oxygen atoms in total. The van der Waals surface area contributed by atoms with Gasteiger partial charge in [0.25, 0.3) is 11.8 Å². The van der Waals surface area contributed by atoms with Crippen molar-refractivity contribution in [2.24, 2.45) is 11.5 Å². The molecule has 0 fully saturated rings. The summed E-state index contributed by atoms with van der Waals surface area (Å²) in [4.78, 5) is 59.9. The number of aromatic nitrogens is 7. The van der Waals surface area contributed by atoms with Crippen LogP contribution in [0.1, 0.15) is 66.8 Å². The summed E-state index contributed by atoms with van der Waals surface area (Å²) in [5.74, 6) is -1.31. The summed E-state index contributed by atoms with van der Waals surface area (Å²) in [5.41, 5.74) is 16.4. The zero-order chi connectivity index (χ0) is 35.7. The number of primary amides is 2. The third kappa shape index (κ3) is 6.35. The number of imidazole rings is 2. The van der Waals surface area contributed by atoms with Crippen LogP contribution in [0.3, 0.4) is 0 Å². The van der Waals surface area contributed by atoms with Crippen molar-refractivity contribution < 1.29 is 19.2 Å². The second kappa shape index (κ2) is 13.5. The molecule has 4 amide bonds. The van der Waals surface area contributed by atoms with Crippen LogP contribution in [0, 0.1) is 13.8 Å². The molecular formula is C35H37N11O4. The minimum absolute atomic E-state index is 0.278. The SMILES string of the molecule is CCn1cccc1C(=O)Nc1nc2cc(C(N)=O)ccc2n1C/C=C/Cn1c(NC(=O)c2cc(C)nn2CC)nc2cc(C(N)=O)cc(C)c21. The van der Waals surface area contributed by atoms with Crippen molar-refractivity contribution >= 4 is 57.6 Å². The molecule has 0 aliphatic carbocycles. The van der Waals surface area contributed by atoms with Gasteiger partial charge in [0.2, 0.25) is 23.7 Å². The van der Waals surface area contributed by atoms with Gasteiger partial charge in [0.05, 0.1) is 27.8 Å². The van der Waals surface area contributed by atoms with Crippen molar-refractivity contribution in [3.63, 3.8) is 0 Å². The minimum Gasteiger partial charge on any atom is -0.366 e. The van der Waals surface area contributed by atoms with Crippen molar-refractivity contribution in [3.8, 4) is 0 Å². The van der Waals surface area contributed by atoms with Crippen LogP contribution < -0.4 is 22.1 Å². The van der Waals surface area contributed by atoms with E-state index in [0.717, 1.165) is 5.56 Å². The smallest absolute Gasteiger partial charge is 0.276 e. The quantitative estimate of drug-likeness (QED) is 0.140. The number of rotatable bonds is 12. The third-order valence-corrected chi connectivity index (χ3v) is 8.38. The van der Waals surface area contributed by atoms with Gasteiger partial charge in [-0.05, 0) is 81.8 Å². The predicted octanol–water partition coefficient (Wildman–Crippen LogP) is 4.00. The topological polar surface area (TPSA) is 203 Å². The van der Waals surface area contributed by atoms with Gasteiger partial charge in [-0.3, -0.25) is 34.5 Å². The molecule has 0 atom stereocenters. The van der Waals surface area contributed by atoms with E-state index in [-0.39, 0.29) is 17.8 Å². The Bertz CT molecular complexity index is 2340. The van der Waals surface area contributed by atoms with Gasteiger partial charge in [-0.15, -0.1) is 0 Å². The highest BCUT2D eigenvalue weighted by Gasteiger charge is 2.21. The summed E-state index contributed by atoms with van der Waals surface area (Å²) in [7, 11) is 0. The van der Waals surface area contributed by atoms with E-state index in [1.165, 1.54) is 0 Å². The maximum atomic E-state index is 13.4. The van der Waals surface area contributed by atoms with E-state index < -0.39 is 11.8 Å². The number of hydrogen-bond acceptors (Lipinski definition) is 7.